The van der Waals surface area contributed by atoms with Crippen LogP contribution in [0.4, 0.5) is 5.82 Å². The number of hydrogen-bond donors (Lipinski definition) is 1. The molecule has 4 rings (SSSR count). The van der Waals surface area contributed by atoms with Crippen molar-refractivity contribution in [1.29, 1.82) is 0 Å². The number of fused-ring (bicyclic) bond motifs is 1. The first-order chi connectivity index (χ1) is 13.6. The third kappa shape index (κ3) is 3.74. The van der Waals surface area contributed by atoms with E-state index in [0.717, 1.165) is 47.3 Å². The highest BCUT2D eigenvalue weighted by atomic mass is 35.5. The summed E-state index contributed by atoms with van der Waals surface area (Å²) in [5.74, 6) is 1.23. The fourth-order valence-corrected chi connectivity index (χ4v) is 4.31. The molecule has 1 fully saturated rings. The molecule has 5 nitrogen and oxygen atoms in total. The minimum absolute atomic E-state index is 0.154. The van der Waals surface area contributed by atoms with Gasteiger partial charge < -0.3 is 10.0 Å². The van der Waals surface area contributed by atoms with Crippen LogP contribution in [0.15, 0.2) is 36.4 Å². The van der Waals surface area contributed by atoms with Crippen molar-refractivity contribution in [3.05, 3.63) is 58.4 Å². The van der Waals surface area contributed by atoms with E-state index in [1.165, 1.54) is 18.4 Å². The molecule has 28 heavy (non-hydrogen) atoms. The Morgan fingerprint density at radius 2 is 2.00 bits per heavy atom. The SMILES string of the molecule is Cc1cc(N2CCCCC2CCO)n2nc(C(C)c3ccc(Cl)cc3)cc2n1. The van der Waals surface area contributed by atoms with E-state index in [1.54, 1.807) is 0 Å². The highest BCUT2D eigenvalue weighted by Crippen LogP contribution is 2.30. The Bertz CT molecular complexity index is 951. The van der Waals surface area contributed by atoms with Crippen molar-refractivity contribution in [1.82, 2.24) is 14.6 Å². The van der Waals surface area contributed by atoms with Gasteiger partial charge in [0.1, 0.15) is 5.82 Å². The van der Waals surface area contributed by atoms with Gasteiger partial charge in [-0.2, -0.15) is 9.61 Å². The molecule has 6 heteroatoms. The van der Waals surface area contributed by atoms with Crippen molar-refractivity contribution in [2.24, 2.45) is 0 Å². The van der Waals surface area contributed by atoms with Crippen molar-refractivity contribution in [2.45, 2.75) is 51.5 Å². The van der Waals surface area contributed by atoms with E-state index < -0.39 is 0 Å². The zero-order chi connectivity index (χ0) is 19.7. The predicted octanol–water partition coefficient (Wildman–Crippen LogP) is 4.58. The highest BCUT2D eigenvalue weighted by molar-refractivity contribution is 6.30. The molecular formula is C22H27ClN4O. The summed E-state index contributed by atoms with van der Waals surface area (Å²) in [6.45, 7) is 5.40. The number of aliphatic hydroxyl groups is 1. The van der Waals surface area contributed by atoms with E-state index in [-0.39, 0.29) is 12.5 Å². The molecule has 3 aromatic rings. The van der Waals surface area contributed by atoms with Crippen LogP contribution in [0.1, 0.15) is 55.5 Å². The van der Waals surface area contributed by atoms with Gasteiger partial charge in [0.25, 0.3) is 0 Å². The van der Waals surface area contributed by atoms with Gasteiger partial charge in [0.05, 0.1) is 5.69 Å². The van der Waals surface area contributed by atoms with Crippen molar-refractivity contribution >= 4 is 23.1 Å². The van der Waals surface area contributed by atoms with Gasteiger partial charge in [0, 0.05) is 48.0 Å². The fraction of sp³-hybridized carbons (Fsp3) is 0.455. The molecule has 0 bridgehead atoms. The van der Waals surface area contributed by atoms with E-state index in [2.05, 4.69) is 36.1 Å². The first-order valence-electron chi connectivity index (χ1n) is 10.1. The summed E-state index contributed by atoms with van der Waals surface area (Å²) in [6.07, 6.45) is 4.28. The average molecular weight is 399 g/mol. The van der Waals surface area contributed by atoms with Crippen molar-refractivity contribution in [3.63, 3.8) is 0 Å². The van der Waals surface area contributed by atoms with Gasteiger partial charge in [0.15, 0.2) is 5.65 Å². The van der Waals surface area contributed by atoms with E-state index in [9.17, 15) is 5.11 Å². The molecule has 0 amide bonds. The Labute approximate surface area is 171 Å². The van der Waals surface area contributed by atoms with Crippen molar-refractivity contribution in [2.75, 3.05) is 18.1 Å². The molecule has 1 N–H and O–H groups in total. The Morgan fingerprint density at radius 1 is 1.21 bits per heavy atom. The van der Waals surface area contributed by atoms with E-state index in [4.69, 9.17) is 21.7 Å². The van der Waals surface area contributed by atoms with Gasteiger partial charge in [-0.05, 0) is 50.3 Å². The van der Waals surface area contributed by atoms with E-state index in [1.807, 2.05) is 23.6 Å². The van der Waals surface area contributed by atoms with Gasteiger partial charge in [-0.15, -0.1) is 0 Å². The maximum atomic E-state index is 9.50. The molecule has 1 aliphatic heterocycles. The topological polar surface area (TPSA) is 53.7 Å². The zero-order valence-electron chi connectivity index (χ0n) is 16.5. The molecule has 0 saturated carbocycles. The molecular weight excluding hydrogens is 372 g/mol. The molecule has 1 aliphatic rings. The molecule has 2 unspecified atom stereocenters. The summed E-state index contributed by atoms with van der Waals surface area (Å²) in [4.78, 5) is 7.12. The number of halogens is 1. The lowest BCUT2D eigenvalue weighted by molar-refractivity contribution is 0.262. The third-order valence-electron chi connectivity index (χ3n) is 5.75. The molecule has 2 atom stereocenters. The zero-order valence-corrected chi connectivity index (χ0v) is 17.2. The molecule has 2 aromatic heterocycles. The summed E-state index contributed by atoms with van der Waals surface area (Å²) in [5.41, 5.74) is 4.04. The number of hydrogen-bond acceptors (Lipinski definition) is 4. The summed E-state index contributed by atoms with van der Waals surface area (Å²) in [5, 5.41) is 15.2. The van der Waals surface area contributed by atoms with Gasteiger partial charge in [0.2, 0.25) is 0 Å². The number of piperidine rings is 1. The van der Waals surface area contributed by atoms with Crippen LogP contribution in [0.2, 0.25) is 5.02 Å². The van der Waals surface area contributed by atoms with Gasteiger partial charge in [-0.3, -0.25) is 0 Å². The van der Waals surface area contributed by atoms with Gasteiger partial charge >= 0.3 is 0 Å². The largest absolute Gasteiger partial charge is 0.396 e. The first kappa shape index (κ1) is 19.2. The van der Waals surface area contributed by atoms with Crippen LogP contribution in [0.3, 0.4) is 0 Å². The number of aromatic nitrogens is 3. The molecule has 1 aromatic carbocycles. The van der Waals surface area contributed by atoms with Crippen LogP contribution in [0.5, 0.6) is 0 Å². The Kier molecular flexibility index (Phi) is 5.56. The maximum Gasteiger partial charge on any atom is 0.157 e. The maximum absolute atomic E-state index is 9.50. The first-order valence-corrected chi connectivity index (χ1v) is 10.4. The fourth-order valence-electron chi connectivity index (χ4n) is 4.19. The van der Waals surface area contributed by atoms with Crippen LogP contribution in [-0.2, 0) is 0 Å². The second kappa shape index (κ2) is 8.10. The lowest BCUT2D eigenvalue weighted by Crippen LogP contribution is -2.41. The second-order valence-electron chi connectivity index (χ2n) is 7.72. The molecule has 0 aliphatic carbocycles. The van der Waals surface area contributed by atoms with Crippen LogP contribution < -0.4 is 4.90 Å². The van der Waals surface area contributed by atoms with Crippen LogP contribution in [-0.4, -0.2) is 38.9 Å². The summed E-state index contributed by atoms with van der Waals surface area (Å²) >= 11 is 6.04. The van der Waals surface area contributed by atoms with Gasteiger partial charge in [-0.1, -0.05) is 30.7 Å². The summed E-state index contributed by atoms with van der Waals surface area (Å²) < 4.78 is 1.98. The summed E-state index contributed by atoms with van der Waals surface area (Å²) in [6, 6.07) is 12.5. The monoisotopic (exact) mass is 398 g/mol. The highest BCUT2D eigenvalue weighted by Gasteiger charge is 2.25. The van der Waals surface area contributed by atoms with Crippen LogP contribution in [0.25, 0.3) is 5.65 Å². The van der Waals surface area contributed by atoms with E-state index >= 15 is 0 Å². The predicted molar refractivity (Wildman–Crippen MR) is 113 cm³/mol. The molecule has 148 valence electrons. The third-order valence-corrected chi connectivity index (χ3v) is 6.00. The second-order valence-corrected chi connectivity index (χ2v) is 8.16. The number of nitrogens with zero attached hydrogens (tertiary/aromatic N) is 4. The van der Waals surface area contributed by atoms with Crippen LogP contribution >= 0.6 is 11.6 Å². The number of rotatable bonds is 5. The van der Waals surface area contributed by atoms with E-state index in [0.29, 0.717) is 6.04 Å². The lowest BCUT2D eigenvalue weighted by Gasteiger charge is -2.37. The molecule has 3 heterocycles. The number of anilines is 1. The Morgan fingerprint density at radius 3 is 2.75 bits per heavy atom. The molecule has 0 spiro atoms. The number of aryl methyl sites for hydroxylation is 1. The smallest absolute Gasteiger partial charge is 0.157 e. The lowest BCUT2D eigenvalue weighted by atomic mass is 9.98. The molecule has 0 radical (unpaired) electrons. The van der Waals surface area contributed by atoms with Crippen LogP contribution in [0, 0.1) is 6.92 Å². The van der Waals surface area contributed by atoms with Crippen molar-refractivity contribution in [3.8, 4) is 0 Å². The Hall–Kier alpha value is -2.11. The van der Waals surface area contributed by atoms with Crippen molar-refractivity contribution < 1.29 is 5.11 Å². The standard InChI is InChI=1S/C22H27ClN4O/c1-15-13-22(26-11-4-3-5-19(26)10-12-28)27-21(24-15)14-20(25-27)16(2)17-6-8-18(23)9-7-17/h6-9,13-14,16,19,28H,3-5,10-12H2,1-2H3. The minimum atomic E-state index is 0.154. The average Bonchev–Trinajstić information content (AvgIpc) is 3.12. The van der Waals surface area contributed by atoms with Gasteiger partial charge in [-0.25, -0.2) is 4.98 Å². The minimum Gasteiger partial charge on any atom is -0.396 e. The molecule has 1 saturated heterocycles. The number of aliphatic hydroxyl groups excluding tert-OH is 1. The quantitative estimate of drug-likeness (QED) is 0.683. The number of benzene rings is 1. The Balaban J connectivity index is 1.75. The normalized spacial score (nSPS) is 18.6. The summed E-state index contributed by atoms with van der Waals surface area (Å²) in [7, 11) is 0.